The lowest BCUT2D eigenvalue weighted by molar-refractivity contribution is 0.378. The average Bonchev–Trinajstić information content (AvgIpc) is 2.68. The van der Waals surface area contributed by atoms with Gasteiger partial charge in [0.2, 0.25) is 0 Å². The largest absolute Gasteiger partial charge is 0.352 e. The molecule has 0 aliphatic carbocycles. The van der Waals surface area contributed by atoms with Gasteiger partial charge in [0, 0.05) is 38.3 Å². The molecule has 0 radical (unpaired) electrons. The fourth-order valence-electron chi connectivity index (χ4n) is 3.49. The first kappa shape index (κ1) is 18.6. The number of fused-ring (bicyclic) bond motifs is 2. The van der Waals surface area contributed by atoms with Crippen LogP contribution in [0.5, 0.6) is 0 Å². The second-order valence-electron chi connectivity index (χ2n) is 6.33. The molecular weight excluding hydrogens is 435 g/mol. The van der Waals surface area contributed by atoms with Crippen LogP contribution in [0.25, 0.3) is 10.9 Å². The van der Waals surface area contributed by atoms with Crippen LogP contribution in [0.2, 0.25) is 0 Å². The quantitative estimate of drug-likeness (QED) is 0.359. The average molecular weight is 458 g/mol. The van der Waals surface area contributed by atoms with E-state index in [0.717, 1.165) is 37.5 Å². The van der Waals surface area contributed by atoms with Crippen molar-refractivity contribution < 1.29 is 0 Å². The molecule has 0 atom stereocenters. The molecule has 0 fully saturated rings. The second-order valence-corrected chi connectivity index (χ2v) is 6.33. The Morgan fingerprint density at radius 1 is 1.08 bits per heavy atom. The Labute approximate surface area is 171 Å². The van der Waals surface area contributed by atoms with Gasteiger partial charge in [-0.25, -0.2) is 0 Å². The van der Waals surface area contributed by atoms with Gasteiger partial charge >= 0.3 is 0 Å². The van der Waals surface area contributed by atoms with E-state index in [-0.39, 0.29) is 24.0 Å². The maximum absolute atomic E-state index is 4.53. The smallest absolute Gasteiger partial charge is 0.194 e. The number of para-hydroxylation sites is 1. The summed E-state index contributed by atoms with van der Waals surface area (Å²) in [5, 5.41) is 4.68. The summed E-state index contributed by atoms with van der Waals surface area (Å²) >= 11 is 0. The van der Waals surface area contributed by atoms with Crippen LogP contribution in [-0.2, 0) is 19.5 Å². The lowest BCUT2D eigenvalue weighted by Crippen LogP contribution is -2.43. The van der Waals surface area contributed by atoms with Crippen molar-refractivity contribution in [2.24, 2.45) is 4.99 Å². The Balaban J connectivity index is 0.00000196. The molecule has 2 heterocycles. The van der Waals surface area contributed by atoms with Crippen LogP contribution in [-0.4, -0.2) is 29.4 Å². The van der Waals surface area contributed by atoms with Gasteiger partial charge in [0.05, 0.1) is 5.52 Å². The van der Waals surface area contributed by atoms with Gasteiger partial charge in [-0.15, -0.1) is 24.0 Å². The number of rotatable bonds is 2. The van der Waals surface area contributed by atoms with E-state index in [1.165, 1.54) is 22.1 Å². The topological polar surface area (TPSA) is 40.5 Å². The van der Waals surface area contributed by atoms with Crippen molar-refractivity contribution in [1.29, 1.82) is 0 Å². The Kier molecular flexibility index (Phi) is 6.08. The van der Waals surface area contributed by atoms with E-state index in [2.05, 4.69) is 68.7 Å². The van der Waals surface area contributed by atoms with Crippen molar-refractivity contribution in [3.8, 4) is 0 Å². The second kappa shape index (κ2) is 8.49. The van der Waals surface area contributed by atoms with Crippen LogP contribution in [0.3, 0.4) is 0 Å². The van der Waals surface area contributed by atoms with Crippen LogP contribution in [0.4, 0.5) is 0 Å². The minimum atomic E-state index is 0. The Morgan fingerprint density at radius 2 is 1.88 bits per heavy atom. The van der Waals surface area contributed by atoms with E-state index >= 15 is 0 Å². The lowest BCUT2D eigenvalue weighted by Gasteiger charge is -2.31. The first-order chi connectivity index (χ1) is 12.3. The Hall–Kier alpha value is -2.15. The van der Waals surface area contributed by atoms with Crippen molar-refractivity contribution in [3.63, 3.8) is 0 Å². The van der Waals surface area contributed by atoms with Gasteiger partial charge in [-0.2, -0.15) is 0 Å². The first-order valence-electron chi connectivity index (χ1n) is 8.70. The molecule has 0 unspecified atom stereocenters. The van der Waals surface area contributed by atoms with Gasteiger partial charge in [-0.05, 0) is 29.2 Å². The fourth-order valence-corrected chi connectivity index (χ4v) is 3.49. The number of pyridine rings is 1. The summed E-state index contributed by atoms with van der Waals surface area (Å²) in [4.78, 5) is 11.3. The van der Waals surface area contributed by atoms with E-state index in [0.29, 0.717) is 0 Å². The molecule has 2 aromatic carbocycles. The molecular formula is C21H23IN4. The molecule has 3 aromatic rings. The van der Waals surface area contributed by atoms with Crippen LogP contribution in [0.1, 0.15) is 16.7 Å². The number of guanidine groups is 1. The lowest BCUT2D eigenvalue weighted by atomic mass is 10.0. The Morgan fingerprint density at radius 3 is 2.73 bits per heavy atom. The highest BCUT2D eigenvalue weighted by Gasteiger charge is 2.18. The zero-order chi connectivity index (χ0) is 17.1. The van der Waals surface area contributed by atoms with Crippen molar-refractivity contribution in [1.82, 2.24) is 15.2 Å². The van der Waals surface area contributed by atoms with Gasteiger partial charge in [0.15, 0.2) is 5.96 Å². The maximum atomic E-state index is 4.53. The molecule has 5 heteroatoms. The third kappa shape index (κ3) is 3.82. The summed E-state index contributed by atoms with van der Waals surface area (Å²) in [6, 6.07) is 19.1. The molecule has 1 N–H and O–H groups in total. The molecule has 0 saturated carbocycles. The molecule has 0 saturated heterocycles. The monoisotopic (exact) mass is 458 g/mol. The maximum Gasteiger partial charge on any atom is 0.194 e. The molecule has 0 spiro atoms. The van der Waals surface area contributed by atoms with E-state index in [9.17, 15) is 0 Å². The van der Waals surface area contributed by atoms with Crippen molar-refractivity contribution in [2.45, 2.75) is 19.5 Å². The van der Waals surface area contributed by atoms with E-state index in [1.54, 1.807) is 0 Å². The highest BCUT2D eigenvalue weighted by Crippen LogP contribution is 2.19. The van der Waals surface area contributed by atoms with Crippen LogP contribution in [0.15, 0.2) is 65.8 Å². The molecule has 1 aromatic heterocycles. The van der Waals surface area contributed by atoms with E-state index < -0.39 is 0 Å². The molecule has 4 rings (SSSR count). The number of aliphatic imine (C=N–C) groups is 1. The summed E-state index contributed by atoms with van der Waals surface area (Å²) < 4.78 is 0. The number of nitrogens with one attached hydrogen (secondary N) is 1. The van der Waals surface area contributed by atoms with Crippen LogP contribution >= 0.6 is 24.0 Å². The van der Waals surface area contributed by atoms with E-state index in [1.807, 2.05) is 19.3 Å². The third-order valence-corrected chi connectivity index (χ3v) is 4.80. The molecule has 0 bridgehead atoms. The predicted octanol–water partition coefficient (Wildman–Crippen LogP) is 3.99. The van der Waals surface area contributed by atoms with Crippen LogP contribution < -0.4 is 5.32 Å². The minimum absolute atomic E-state index is 0. The van der Waals surface area contributed by atoms with Crippen molar-refractivity contribution >= 4 is 40.8 Å². The predicted molar refractivity (Wildman–Crippen MR) is 118 cm³/mol. The SMILES string of the molecule is CN=C(NCc1cccc2cccnc12)N1CCc2ccccc2C1.I. The summed E-state index contributed by atoms with van der Waals surface area (Å²) in [6.45, 7) is 2.62. The fraction of sp³-hybridized carbons (Fsp3) is 0.238. The first-order valence-corrected chi connectivity index (χ1v) is 8.70. The van der Waals surface area contributed by atoms with E-state index in [4.69, 9.17) is 0 Å². The van der Waals surface area contributed by atoms with Gasteiger partial charge < -0.3 is 10.2 Å². The third-order valence-electron chi connectivity index (χ3n) is 4.80. The number of hydrogen-bond acceptors (Lipinski definition) is 2. The van der Waals surface area contributed by atoms with Gasteiger partial charge in [0.25, 0.3) is 0 Å². The van der Waals surface area contributed by atoms with Crippen LogP contribution in [0, 0.1) is 0 Å². The minimum Gasteiger partial charge on any atom is -0.352 e. The van der Waals surface area contributed by atoms with Crippen molar-refractivity contribution in [3.05, 3.63) is 77.5 Å². The molecule has 134 valence electrons. The summed E-state index contributed by atoms with van der Waals surface area (Å²) in [6.07, 6.45) is 2.91. The summed E-state index contributed by atoms with van der Waals surface area (Å²) in [5.74, 6) is 0.947. The number of hydrogen-bond donors (Lipinski definition) is 1. The van der Waals surface area contributed by atoms with Gasteiger partial charge in [-0.3, -0.25) is 9.98 Å². The highest BCUT2D eigenvalue weighted by molar-refractivity contribution is 14.0. The molecule has 0 amide bonds. The molecule has 26 heavy (non-hydrogen) atoms. The Bertz CT molecular complexity index is 917. The molecule has 1 aliphatic heterocycles. The van der Waals surface area contributed by atoms with Gasteiger partial charge in [-0.1, -0.05) is 48.5 Å². The zero-order valence-electron chi connectivity index (χ0n) is 14.9. The normalized spacial score (nSPS) is 13.9. The van der Waals surface area contributed by atoms with Gasteiger partial charge in [0.1, 0.15) is 0 Å². The number of nitrogens with zero attached hydrogens (tertiary/aromatic N) is 3. The number of benzene rings is 2. The number of aromatic nitrogens is 1. The summed E-state index contributed by atoms with van der Waals surface area (Å²) in [7, 11) is 1.85. The summed E-state index contributed by atoms with van der Waals surface area (Å²) in [5.41, 5.74) is 5.09. The zero-order valence-corrected chi connectivity index (χ0v) is 17.2. The standard InChI is InChI=1S/C21H22N4.HI/c1-22-21(25-13-11-16-6-2-3-7-19(16)15-25)24-14-18-9-4-8-17-10-5-12-23-20(17)18;/h2-10,12H,11,13-15H2,1H3,(H,22,24);1H. The highest BCUT2D eigenvalue weighted by atomic mass is 127. The van der Waals surface area contributed by atoms with Crippen molar-refractivity contribution in [2.75, 3.05) is 13.6 Å². The number of halogens is 1. The molecule has 1 aliphatic rings. The molecule has 4 nitrogen and oxygen atoms in total.